The average Bonchev–Trinajstić information content (AvgIpc) is 2.40. The number of carbonyl (C=O) groups excluding carboxylic acids is 1. The van der Waals surface area contributed by atoms with Gasteiger partial charge in [0.1, 0.15) is 5.82 Å². The standard InChI is InChI=1S/C14H23N3O3/c1-11-9-12(10-13(15)17-11)14(18)16-5-3-4-6-20-8-7-19-2/h9-10H,3-8H2,1-2H3,(H2,15,17)(H,16,18). The molecule has 1 rings (SSSR count). The van der Waals surface area contributed by atoms with Crippen molar-refractivity contribution in [3.63, 3.8) is 0 Å². The Hall–Kier alpha value is -1.66. The Bertz CT molecular complexity index is 404. The summed E-state index contributed by atoms with van der Waals surface area (Å²) in [5.74, 6) is 0.240. The molecule has 0 saturated carbocycles. The van der Waals surface area contributed by atoms with Crippen molar-refractivity contribution >= 4 is 11.7 Å². The number of ether oxygens (including phenoxy) is 2. The van der Waals surface area contributed by atoms with E-state index >= 15 is 0 Å². The second-order valence-electron chi connectivity index (χ2n) is 4.49. The van der Waals surface area contributed by atoms with E-state index in [4.69, 9.17) is 15.2 Å². The van der Waals surface area contributed by atoms with Crippen molar-refractivity contribution in [3.8, 4) is 0 Å². The van der Waals surface area contributed by atoms with Crippen LogP contribution in [-0.2, 0) is 9.47 Å². The fourth-order valence-corrected chi connectivity index (χ4v) is 1.70. The van der Waals surface area contributed by atoms with Crippen molar-refractivity contribution in [1.29, 1.82) is 0 Å². The third-order valence-electron chi connectivity index (χ3n) is 2.67. The van der Waals surface area contributed by atoms with Crippen molar-refractivity contribution in [1.82, 2.24) is 10.3 Å². The summed E-state index contributed by atoms with van der Waals surface area (Å²) in [6, 6.07) is 3.30. The van der Waals surface area contributed by atoms with Crippen molar-refractivity contribution in [2.45, 2.75) is 19.8 Å². The highest BCUT2D eigenvalue weighted by atomic mass is 16.5. The number of methoxy groups -OCH3 is 1. The predicted octanol–water partition coefficient (Wildman–Crippen LogP) is 1.15. The van der Waals surface area contributed by atoms with Gasteiger partial charge in [0.25, 0.3) is 5.91 Å². The second-order valence-corrected chi connectivity index (χ2v) is 4.49. The van der Waals surface area contributed by atoms with Gasteiger partial charge in [-0.05, 0) is 31.9 Å². The summed E-state index contributed by atoms with van der Waals surface area (Å²) in [6.07, 6.45) is 1.78. The Labute approximate surface area is 119 Å². The number of hydrogen-bond donors (Lipinski definition) is 2. The van der Waals surface area contributed by atoms with Crippen LogP contribution in [-0.4, -0.2) is 44.4 Å². The third kappa shape index (κ3) is 6.49. The van der Waals surface area contributed by atoms with Crippen LogP contribution >= 0.6 is 0 Å². The molecule has 1 aromatic heterocycles. The number of pyridine rings is 1. The number of hydrogen-bond acceptors (Lipinski definition) is 5. The highest BCUT2D eigenvalue weighted by molar-refractivity contribution is 5.94. The lowest BCUT2D eigenvalue weighted by molar-refractivity contribution is 0.0686. The van der Waals surface area contributed by atoms with Gasteiger partial charge in [-0.1, -0.05) is 0 Å². The smallest absolute Gasteiger partial charge is 0.251 e. The van der Waals surface area contributed by atoms with Crippen LogP contribution in [0.1, 0.15) is 28.9 Å². The number of nitrogen functional groups attached to an aromatic ring is 1. The Balaban J connectivity index is 2.17. The zero-order valence-corrected chi connectivity index (χ0v) is 12.1. The first-order chi connectivity index (χ1) is 9.63. The molecule has 0 unspecified atom stereocenters. The van der Waals surface area contributed by atoms with Crippen LogP contribution in [0.5, 0.6) is 0 Å². The molecule has 0 spiro atoms. The number of anilines is 1. The van der Waals surface area contributed by atoms with Gasteiger partial charge in [0.05, 0.1) is 13.2 Å². The molecule has 0 fully saturated rings. The zero-order chi connectivity index (χ0) is 14.8. The summed E-state index contributed by atoms with van der Waals surface area (Å²) in [5.41, 5.74) is 6.90. The summed E-state index contributed by atoms with van der Waals surface area (Å²) in [5, 5.41) is 2.85. The molecule has 0 radical (unpaired) electrons. The molecule has 1 heterocycles. The lowest BCUT2D eigenvalue weighted by atomic mass is 10.2. The SMILES string of the molecule is COCCOCCCCNC(=O)c1cc(C)nc(N)c1. The number of nitrogens with one attached hydrogen (secondary N) is 1. The lowest BCUT2D eigenvalue weighted by Crippen LogP contribution is -2.25. The van der Waals surface area contributed by atoms with Crippen LogP contribution in [0, 0.1) is 6.92 Å². The van der Waals surface area contributed by atoms with Gasteiger partial charge < -0.3 is 20.5 Å². The van der Waals surface area contributed by atoms with Gasteiger partial charge >= 0.3 is 0 Å². The first-order valence-corrected chi connectivity index (χ1v) is 6.72. The molecule has 0 aliphatic carbocycles. The maximum Gasteiger partial charge on any atom is 0.251 e. The molecule has 0 aliphatic heterocycles. The van der Waals surface area contributed by atoms with Gasteiger partial charge in [-0.2, -0.15) is 0 Å². The van der Waals surface area contributed by atoms with Crippen LogP contribution in [0.15, 0.2) is 12.1 Å². The number of carbonyl (C=O) groups is 1. The molecular formula is C14H23N3O3. The van der Waals surface area contributed by atoms with E-state index < -0.39 is 0 Å². The summed E-state index contributed by atoms with van der Waals surface area (Å²) in [4.78, 5) is 15.9. The van der Waals surface area contributed by atoms with Crippen LogP contribution in [0.4, 0.5) is 5.82 Å². The number of nitrogens with zero attached hydrogens (tertiary/aromatic N) is 1. The fourth-order valence-electron chi connectivity index (χ4n) is 1.70. The van der Waals surface area contributed by atoms with Crippen molar-refractivity contribution in [2.75, 3.05) is 39.2 Å². The minimum atomic E-state index is -0.123. The number of aryl methyl sites for hydroxylation is 1. The first kappa shape index (κ1) is 16.4. The summed E-state index contributed by atoms with van der Waals surface area (Å²) >= 11 is 0. The van der Waals surface area contributed by atoms with Crippen molar-refractivity contribution in [3.05, 3.63) is 23.4 Å². The third-order valence-corrected chi connectivity index (χ3v) is 2.67. The Morgan fingerprint density at radius 3 is 2.80 bits per heavy atom. The maximum absolute atomic E-state index is 11.9. The van der Waals surface area contributed by atoms with E-state index in [1.54, 1.807) is 19.2 Å². The lowest BCUT2D eigenvalue weighted by Gasteiger charge is -2.07. The number of rotatable bonds is 9. The molecule has 3 N–H and O–H groups in total. The van der Waals surface area contributed by atoms with E-state index in [0.717, 1.165) is 18.5 Å². The highest BCUT2D eigenvalue weighted by Gasteiger charge is 2.06. The zero-order valence-electron chi connectivity index (χ0n) is 12.1. The van der Waals surface area contributed by atoms with E-state index in [1.807, 2.05) is 6.92 Å². The van der Waals surface area contributed by atoms with Gasteiger partial charge in [-0.15, -0.1) is 0 Å². The maximum atomic E-state index is 11.9. The van der Waals surface area contributed by atoms with Crippen LogP contribution < -0.4 is 11.1 Å². The second kappa shape index (κ2) is 9.28. The highest BCUT2D eigenvalue weighted by Crippen LogP contribution is 2.06. The van der Waals surface area contributed by atoms with Crippen LogP contribution in [0.2, 0.25) is 0 Å². The van der Waals surface area contributed by atoms with E-state index in [2.05, 4.69) is 10.3 Å². The fraction of sp³-hybridized carbons (Fsp3) is 0.571. The number of amides is 1. The van der Waals surface area contributed by atoms with Crippen molar-refractivity contribution < 1.29 is 14.3 Å². The molecule has 20 heavy (non-hydrogen) atoms. The molecule has 0 aliphatic rings. The minimum Gasteiger partial charge on any atom is -0.384 e. The van der Waals surface area contributed by atoms with Crippen LogP contribution in [0.3, 0.4) is 0 Å². The molecule has 6 heteroatoms. The summed E-state index contributed by atoms with van der Waals surface area (Å²) < 4.78 is 10.2. The number of unbranched alkanes of at least 4 members (excludes halogenated alkanes) is 1. The predicted molar refractivity (Wildman–Crippen MR) is 77.6 cm³/mol. The van der Waals surface area contributed by atoms with Crippen molar-refractivity contribution in [2.24, 2.45) is 0 Å². The van der Waals surface area contributed by atoms with Gasteiger partial charge in [0.2, 0.25) is 0 Å². The molecule has 1 aromatic rings. The van der Waals surface area contributed by atoms with Gasteiger partial charge in [0, 0.05) is 31.5 Å². The summed E-state index contributed by atoms with van der Waals surface area (Å²) in [7, 11) is 1.65. The quantitative estimate of drug-likeness (QED) is 0.663. The van der Waals surface area contributed by atoms with E-state index in [-0.39, 0.29) is 5.91 Å². The van der Waals surface area contributed by atoms with Gasteiger partial charge in [-0.3, -0.25) is 4.79 Å². The molecule has 0 saturated heterocycles. The molecule has 112 valence electrons. The molecule has 0 bridgehead atoms. The minimum absolute atomic E-state index is 0.123. The van der Waals surface area contributed by atoms with Gasteiger partial charge in [-0.25, -0.2) is 4.98 Å². The molecular weight excluding hydrogens is 258 g/mol. The first-order valence-electron chi connectivity index (χ1n) is 6.72. The molecule has 6 nitrogen and oxygen atoms in total. The molecule has 1 amide bonds. The Morgan fingerprint density at radius 1 is 1.30 bits per heavy atom. The largest absolute Gasteiger partial charge is 0.384 e. The summed E-state index contributed by atoms with van der Waals surface area (Å²) in [6.45, 7) is 4.33. The number of nitrogens with two attached hydrogens (primary N) is 1. The average molecular weight is 281 g/mol. The Kier molecular flexibility index (Phi) is 7.60. The molecule has 0 aromatic carbocycles. The monoisotopic (exact) mass is 281 g/mol. The van der Waals surface area contributed by atoms with E-state index in [0.29, 0.717) is 37.7 Å². The normalized spacial score (nSPS) is 10.5. The topological polar surface area (TPSA) is 86.5 Å². The van der Waals surface area contributed by atoms with Crippen LogP contribution in [0.25, 0.3) is 0 Å². The number of aromatic nitrogens is 1. The van der Waals surface area contributed by atoms with E-state index in [1.165, 1.54) is 0 Å². The Morgan fingerprint density at radius 2 is 2.10 bits per heavy atom. The van der Waals surface area contributed by atoms with E-state index in [9.17, 15) is 4.79 Å². The van der Waals surface area contributed by atoms with Gasteiger partial charge in [0.15, 0.2) is 0 Å². The molecule has 0 atom stereocenters.